The van der Waals surface area contributed by atoms with Crippen LogP contribution in [-0.4, -0.2) is 15.7 Å². The van der Waals surface area contributed by atoms with Crippen LogP contribution in [0.4, 0.5) is 10.1 Å². The van der Waals surface area contributed by atoms with Gasteiger partial charge in [-0.1, -0.05) is 41.4 Å². The Bertz CT molecular complexity index is 1020. The van der Waals surface area contributed by atoms with Gasteiger partial charge in [0.1, 0.15) is 11.5 Å². The van der Waals surface area contributed by atoms with Crippen LogP contribution in [0.2, 0.25) is 5.02 Å². The van der Waals surface area contributed by atoms with Crippen LogP contribution >= 0.6 is 11.6 Å². The Morgan fingerprint density at radius 1 is 1.15 bits per heavy atom. The van der Waals surface area contributed by atoms with Crippen LogP contribution < -0.4 is 10.9 Å². The molecule has 1 aromatic heterocycles. The molecule has 0 unspecified atom stereocenters. The van der Waals surface area contributed by atoms with Crippen LogP contribution in [0.3, 0.4) is 0 Å². The molecule has 1 N–H and O–H groups in total. The summed E-state index contributed by atoms with van der Waals surface area (Å²) in [5.41, 5.74) is 2.09. The number of carbonyl (C=O) groups is 1. The number of amides is 1. The van der Waals surface area contributed by atoms with Crippen LogP contribution in [0.25, 0.3) is 0 Å². The summed E-state index contributed by atoms with van der Waals surface area (Å²) in [4.78, 5) is 24.4. The quantitative estimate of drug-likeness (QED) is 0.761. The van der Waals surface area contributed by atoms with Crippen LogP contribution in [-0.2, 0) is 6.54 Å². The first-order valence-corrected chi connectivity index (χ1v) is 8.20. The third-order valence-electron chi connectivity index (χ3n) is 3.73. The molecule has 0 bridgehead atoms. The second-order valence-corrected chi connectivity index (χ2v) is 6.19. The molecule has 2 aromatic carbocycles. The molecule has 7 heteroatoms. The molecule has 0 spiro atoms. The molecule has 0 fully saturated rings. The van der Waals surface area contributed by atoms with Gasteiger partial charge in [-0.05, 0) is 36.8 Å². The predicted octanol–water partition coefficient (Wildman–Crippen LogP) is 3.64. The summed E-state index contributed by atoms with van der Waals surface area (Å²) in [7, 11) is 0. The highest BCUT2D eigenvalue weighted by atomic mass is 35.5. The van der Waals surface area contributed by atoms with Gasteiger partial charge in [-0.15, -0.1) is 0 Å². The lowest BCUT2D eigenvalue weighted by atomic mass is 10.1. The molecule has 0 saturated heterocycles. The van der Waals surface area contributed by atoms with Gasteiger partial charge in [0.25, 0.3) is 11.5 Å². The highest BCUT2D eigenvalue weighted by molar-refractivity contribution is 6.31. The van der Waals surface area contributed by atoms with Gasteiger partial charge in [0, 0.05) is 11.8 Å². The molecular weight excluding hydrogens is 357 g/mol. The van der Waals surface area contributed by atoms with Crippen LogP contribution in [0.1, 0.15) is 21.6 Å². The SMILES string of the molecule is Cc1ccc(Cn2nc(C(=O)Nc3ccc(F)c(Cl)c3)ccc2=O)cc1. The summed E-state index contributed by atoms with van der Waals surface area (Å²) < 4.78 is 14.4. The maximum atomic E-state index is 13.2. The first-order valence-electron chi connectivity index (χ1n) is 7.82. The van der Waals surface area contributed by atoms with Gasteiger partial charge in [-0.25, -0.2) is 9.07 Å². The van der Waals surface area contributed by atoms with Gasteiger partial charge < -0.3 is 5.32 Å². The van der Waals surface area contributed by atoms with E-state index in [4.69, 9.17) is 11.6 Å². The van der Waals surface area contributed by atoms with Crippen LogP contribution in [0.15, 0.2) is 59.4 Å². The van der Waals surface area contributed by atoms with Crippen LogP contribution in [0, 0.1) is 12.7 Å². The van der Waals surface area contributed by atoms with Gasteiger partial charge in [-0.2, -0.15) is 5.10 Å². The van der Waals surface area contributed by atoms with E-state index in [1.54, 1.807) is 0 Å². The summed E-state index contributed by atoms with van der Waals surface area (Å²) in [6.07, 6.45) is 0. The highest BCUT2D eigenvalue weighted by Gasteiger charge is 2.11. The molecule has 0 aliphatic rings. The lowest BCUT2D eigenvalue weighted by Gasteiger charge is -2.09. The minimum Gasteiger partial charge on any atom is -0.321 e. The van der Waals surface area contributed by atoms with E-state index in [0.29, 0.717) is 5.69 Å². The summed E-state index contributed by atoms with van der Waals surface area (Å²) in [5.74, 6) is -1.10. The van der Waals surface area contributed by atoms with Gasteiger partial charge in [0.2, 0.25) is 0 Å². The van der Waals surface area contributed by atoms with Gasteiger partial charge in [-0.3, -0.25) is 9.59 Å². The zero-order chi connectivity index (χ0) is 18.7. The number of rotatable bonds is 4. The van der Waals surface area contributed by atoms with Crippen molar-refractivity contribution >= 4 is 23.2 Å². The van der Waals surface area contributed by atoms with Crippen molar-refractivity contribution in [2.75, 3.05) is 5.32 Å². The molecule has 132 valence electrons. The Kier molecular flexibility index (Phi) is 5.14. The van der Waals surface area contributed by atoms with E-state index in [9.17, 15) is 14.0 Å². The maximum absolute atomic E-state index is 13.2. The van der Waals surface area contributed by atoms with Crippen LogP contribution in [0.5, 0.6) is 0 Å². The molecule has 0 aliphatic heterocycles. The second-order valence-electron chi connectivity index (χ2n) is 5.78. The zero-order valence-electron chi connectivity index (χ0n) is 13.9. The van der Waals surface area contributed by atoms with E-state index in [1.807, 2.05) is 31.2 Å². The zero-order valence-corrected chi connectivity index (χ0v) is 14.6. The number of anilines is 1. The topological polar surface area (TPSA) is 64.0 Å². The number of carbonyl (C=O) groups excluding carboxylic acids is 1. The second kappa shape index (κ2) is 7.49. The molecule has 5 nitrogen and oxygen atoms in total. The Morgan fingerprint density at radius 3 is 2.58 bits per heavy atom. The smallest absolute Gasteiger partial charge is 0.276 e. The monoisotopic (exact) mass is 371 g/mol. The van der Waals surface area contributed by atoms with E-state index < -0.39 is 11.7 Å². The summed E-state index contributed by atoms with van der Waals surface area (Å²) in [5, 5.41) is 6.59. The third kappa shape index (κ3) is 4.15. The van der Waals surface area contributed by atoms with Crippen molar-refractivity contribution in [3.8, 4) is 0 Å². The Labute approximate surface area is 154 Å². The number of aromatic nitrogens is 2. The lowest BCUT2D eigenvalue weighted by Crippen LogP contribution is -2.26. The predicted molar refractivity (Wildman–Crippen MR) is 98.1 cm³/mol. The summed E-state index contributed by atoms with van der Waals surface area (Å²) in [6, 6.07) is 14.2. The number of nitrogens with one attached hydrogen (secondary N) is 1. The maximum Gasteiger partial charge on any atom is 0.276 e. The minimum absolute atomic E-state index is 0.0668. The Morgan fingerprint density at radius 2 is 1.88 bits per heavy atom. The molecule has 1 amide bonds. The normalized spacial score (nSPS) is 10.6. The van der Waals surface area contributed by atoms with E-state index in [2.05, 4.69) is 10.4 Å². The average Bonchev–Trinajstić information content (AvgIpc) is 2.62. The van der Waals surface area contributed by atoms with E-state index in [-0.39, 0.29) is 22.8 Å². The molecule has 0 aliphatic carbocycles. The van der Waals surface area contributed by atoms with Crippen molar-refractivity contribution in [1.82, 2.24) is 9.78 Å². The number of halogens is 2. The van der Waals surface area contributed by atoms with Crippen molar-refractivity contribution in [3.05, 3.63) is 92.6 Å². The summed E-state index contributed by atoms with van der Waals surface area (Å²) >= 11 is 5.70. The number of hydrogen-bond acceptors (Lipinski definition) is 3. The molecule has 0 saturated carbocycles. The molecule has 0 atom stereocenters. The molecular formula is C19H15ClFN3O2. The summed E-state index contributed by atoms with van der Waals surface area (Å²) in [6.45, 7) is 2.23. The fourth-order valence-corrected chi connectivity index (χ4v) is 2.50. The lowest BCUT2D eigenvalue weighted by molar-refractivity contribution is 0.102. The molecule has 26 heavy (non-hydrogen) atoms. The fourth-order valence-electron chi connectivity index (χ4n) is 2.32. The molecule has 3 rings (SSSR count). The van der Waals surface area contributed by atoms with Gasteiger partial charge in [0.05, 0.1) is 11.6 Å². The standard InChI is InChI=1S/C19H15ClFN3O2/c1-12-2-4-13(5-3-12)11-24-18(25)9-8-17(23-24)19(26)22-14-6-7-16(21)15(20)10-14/h2-10H,11H2,1H3,(H,22,26). The van der Waals surface area contributed by atoms with E-state index in [1.165, 1.54) is 28.9 Å². The van der Waals surface area contributed by atoms with Gasteiger partial charge >= 0.3 is 0 Å². The third-order valence-corrected chi connectivity index (χ3v) is 4.02. The van der Waals surface area contributed by atoms with Crippen molar-refractivity contribution in [1.29, 1.82) is 0 Å². The van der Waals surface area contributed by atoms with Gasteiger partial charge in [0.15, 0.2) is 0 Å². The van der Waals surface area contributed by atoms with E-state index in [0.717, 1.165) is 17.2 Å². The number of nitrogens with zero attached hydrogens (tertiary/aromatic N) is 2. The number of hydrogen-bond donors (Lipinski definition) is 1. The van der Waals surface area contributed by atoms with E-state index >= 15 is 0 Å². The van der Waals surface area contributed by atoms with Crippen molar-refractivity contribution in [2.45, 2.75) is 13.5 Å². The largest absolute Gasteiger partial charge is 0.321 e. The number of benzene rings is 2. The Hall–Kier alpha value is -2.99. The van der Waals surface area contributed by atoms with Crippen molar-refractivity contribution in [3.63, 3.8) is 0 Å². The average molecular weight is 372 g/mol. The first-order chi connectivity index (χ1) is 12.4. The van der Waals surface area contributed by atoms with Crippen molar-refractivity contribution < 1.29 is 9.18 Å². The van der Waals surface area contributed by atoms with Crippen molar-refractivity contribution in [2.24, 2.45) is 0 Å². The molecule has 0 radical (unpaired) electrons. The highest BCUT2D eigenvalue weighted by Crippen LogP contribution is 2.19. The minimum atomic E-state index is -0.575. The first kappa shape index (κ1) is 17.8. The molecule has 3 aromatic rings. The number of aryl methyl sites for hydroxylation is 1. The fraction of sp³-hybridized carbons (Fsp3) is 0.105. The Balaban J connectivity index is 1.81. The molecule has 1 heterocycles.